The fourth-order valence-corrected chi connectivity index (χ4v) is 1.80. The summed E-state index contributed by atoms with van der Waals surface area (Å²) in [4.78, 5) is 0. The zero-order valence-corrected chi connectivity index (χ0v) is 10.5. The van der Waals surface area contributed by atoms with E-state index in [0.717, 1.165) is 12.3 Å². The Hall–Kier alpha value is -1.89. The van der Waals surface area contributed by atoms with Crippen molar-refractivity contribution < 1.29 is 13.2 Å². The van der Waals surface area contributed by atoms with E-state index in [-0.39, 0.29) is 11.3 Å². The molecule has 0 aliphatic heterocycles. The summed E-state index contributed by atoms with van der Waals surface area (Å²) in [7, 11) is 0. The number of benzene rings is 1. The fraction of sp³-hybridized carbons (Fsp3) is 0.0909. The van der Waals surface area contributed by atoms with Crippen LogP contribution < -0.4 is 5.32 Å². The van der Waals surface area contributed by atoms with Crippen LogP contribution in [0.5, 0.6) is 0 Å². The first-order valence-electron chi connectivity index (χ1n) is 4.63. The minimum Gasteiger partial charge on any atom is -0.359 e. The van der Waals surface area contributed by atoms with Crippen molar-refractivity contribution in [3.05, 3.63) is 39.5 Å². The summed E-state index contributed by atoms with van der Waals surface area (Å²) >= 11 is 11.1. The van der Waals surface area contributed by atoms with Gasteiger partial charge in [0.15, 0.2) is 0 Å². The van der Waals surface area contributed by atoms with Gasteiger partial charge in [-0.1, -0.05) is 23.2 Å². The molecule has 0 saturated heterocycles. The van der Waals surface area contributed by atoms with E-state index >= 15 is 0 Å². The normalized spacial score (nSPS) is 10.3. The minimum atomic E-state index is -4.71. The molecule has 3 nitrogen and oxygen atoms in total. The second-order valence-electron chi connectivity index (χ2n) is 3.21. The third-order valence-electron chi connectivity index (χ3n) is 1.99. The van der Waals surface area contributed by atoms with Gasteiger partial charge in [0.25, 0.3) is 0 Å². The lowest BCUT2D eigenvalue weighted by Crippen LogP contribution is -2.08. The Morgan fingerprint density at radius 1 is 1.21 bits per heavy atom. The molecule has 19 heavy (non-hydrogen) atoms. The molecule has 1 aromatic carbocycles. The van der Waals surface area contributed by atoms with Crippen LogP contribution in [0.2, 0.25) is 10.0 Å². The topological polar surface area (TPSA) is 59.6 Å². The van der Waals surface area contributed by atoms with Gasteiger partial charge in [-0.3, -0.25) is 0 Å². The molecule has 0 fully saturated rings. The van der Waals surface area contributed by atoms with Gasteiger partial charge in [0.05, 0.1) is 21.3 Å². The molecule has 0 atom stereocenters. The maximum atomic E-state index is 12.7. The van der Waals surface area contributed by atoms with Gasteiger partial charge in [-0.15, -0.1) is 0 Å². The number of nitriles is 2. The second-order valence-corrected chi connectivity index (χ2v) is 3.99. The first kappa shape index (κ1) is 15.2. The van der Waals surface area contributed by atoms with E-state index in [4.69, 9.17) is 33.7 Å². The van der Waals surface area contributed by atoms with Crippen LogP contribution in [-0.2, 0) is 6.18 Å². The second kappa shape index (κ2) is 5.83. The molecule has 0 bridgehead atoms. The molecule has 1 rings (SSSR count). The maximum Gasteiger partial charge on any atom is 0.419 e. The number of anilines is 1. The summed E-state index contributed by atoms with van der Waals surface area (Å²) < 4.78 is 38.1. The Morgan fingerprint density at radius 3 is 2.26 bits per heavy atom. The molecule has 0 amide bonds. The van der Waals surface area contributed by atoms with Gasteiger partial charge >= 0.3 is 6.18 Å². The van der Waals surface area contributed by atoms with Crippen molar-refractivity contribution in [1.29, 1.82) is 10.5 Å². The Kier molecular flexibility index (Phi) is 4.66. The summed E-state index contributed by atoms with van der Waals surface area (Å²) in [6.07, 6.45) is -3.75. The average Bonchev–Trinajstić information content (AvgIpc) is 2.31. The van der Waals surface area contributed by atoms with Crippen molar-refractivity contribution in [1.82, 2.24) is 0 Å². The van der Waals surface area contributed by atoms with Crippen LogP contribution in [0.4, 0.5) is 18.9 Å². The van der Waals surface area contributed by atoms with Gasteiger partial charge in [0, 0.05) is 6.20 Å². The number of nitrogens with zero attached hydrogens (tertiary/aromatic N) is 2. The van der Waals surface area contributed by atoms with Crippen LogP contribution in [0.3, 0.4) is 0 Å². The summed E-state index contributed by atoms with van der Waals surface area (Å²) in [5.41, 5.74) is -1.59. The highest BCUT2D eigenvalue weighted by molar-refractivity contribution is 6.37. The monoisotopic (exact) mass is 305 g/mol. The van der Waals surface area contributed by atoms with Crippen molar-refractivity contribution in [3.8, 4) is 12.1 Å². The number of nitrogens with one attached hydrogen (secondary N) is 1. The maximum absolute atomic E-state index is 12.7. The number of rotatable bonds is 2. The highest BCUT2D eigenvalue weighted by Gasteiger charge is 2.36. The smallest absolute Gasteiger partial charge is 0.359 e. The van der Waals surface area contributed by atoms with Crippen molar-refractivity contribution in [2.45, 2.75) is 6.18 Å². The minimum absolute atomic E-state index is 0.110. The van der Waals surface area contributed by atoms with Crippen LogP contribution in [0, 0.1) is 22.7 Å². The lowest BCUT2D eigenvalue weighted by molar-refractivity contribution is -0.137. The van der Waals surface area contributed by atoms with Crippen molar-refractivity contribution in [2.24, 2.45) is 0 Å². The number of halogens is 5. The number of allylic oxidation sites excluding steroid dienone is 1. The Balaban J connectivity index is 3.24. The predicted molar refractivity (Wildman–Crippen MR) is 64.4 cm³/mol. The largest absolute Gasteiger partial charge is 0.419 e. The molecular weight excluding hydrogens is 302 g/mol. The summed E-state index contributed by atoms with van der Waals surface area (Å²) in [6.45, 7) is 0. The zero-order valence-electron chi connectivity index (χ0n) is 9.02. The summed E-state index contributed by atoms with van der Waals surface area (Å²) in [5.74, 6) is 0. The van der Waals surface area contributed by atoms with Crippen molar-refractivity contribution in [3.63, 3.8) is 0 Å². The van der Waals surface area contributed by atoms with Crippen LogP contribution in [0.15, 0.2) is 23.9 Å². The van der Waals surface area contributed by atoms with E-state index in [2.05, 4.69) is 5.32 Å². The SMILES string of the molecule is N#CC(C#N)=CNc1ccc(Cl)c(C(F)(F)F)c1Cl. The van der Waals surface area contributed by atoms with Crippen LogP contribution in [-0.4, -0.2) is 0 Å². The molecule has 0 heterocycles. The van der Waals surface area contributed by atoms with Gasteiger partial charge in [-0.2, -0.15) is 23.7 Å². The van der Waals surface area contributed by atoms with E-state index in [1.165, 1.54) is 6.07 Å². The molecule has 0 unspecified atom stereocenters. The lowest BCUT2D eigenvalue weighted by Gasteiger charge is -2.14. The van der Waals surface area contributed by atoms with Crippen LogP contribution >= 0.6 is 23.2 Å². The van der Waals surface area contributed by atoms with E-state index in [0.29, 0.717) is 0 Å². The van der Waals surface area contributed by atoms with Crippen molar-refractivity contribution >= 4 is 28.9 Å². The van der Waals surface area contributed by atoms with E-state index in [9.17, 15) is 13.2 Å². The van der Waals surface area contributed by atoms with E-state index in [1.807, 2.05) is 0 Å². The molecule has 1 aromatic rings. The molecule has 0 spiro atoms. The molecule has 0 radical (unpaired) electrons. The van der Waals surface area contributed by atoms with Crippen LogP contribution in [0.25, 0.3) is 0 Å². The third kappa shape index (κ3) is 3.54. The first-order chi connectivity index (χ1) is 8.81. The molecule has 1 N–H and O–H groups in total. The fourth-order valence-electron chi connectivity index (χ4n) is 1.16. The van der Waals surface area contributed by atoms with Gasteiger partial charge in [0.2, 0.25) is 0 Å². The molecule has 0 aliphatic carbocycles. The lowest BCUT2D eigenvalue weighted by atomic mass is 10.2. The molecule has 0 aromatic heterocycles. The molecule has 0 aliphatic rings. The molecule has 0 saturated carbocycles. The highest BCUT2D eigenvalue weighted by atomic mass is 35.5. The van der Waals surface area contributed by atoms with Crippen molar-refractivity contribution in [2.75, 3.05) is 5.32 Å². The number of alkyl halides is 3. The molecule has 8 heteroatoms. The molecular formula is C11H4Cl2F3N3. The Bertz CT molecular complexity index is 593. The van der Waals surface area contributed by atoms with Gasteiger partial charge < -0.3 is 5.32 Å². The Labute approximate surface area is 116 Å². The first-order valence-corrected chi connectivity index (χ1v) is 5.39. The quantitative estimate of drug-likeness (QED) is 0.826. The van der Waals surface area contributed by atoms with Gasteiger partial charge in [-0.25, -0.2) is 0 Å². The zero-order chi connectivity index (χ0) is 14.6. The summed E-state index contributed by atoms with van der Waals surface area (Å²) in [5, 5.41) is 18.2. The average molecular weight is 306 g/mol. The predicted octanol–water partition coefficient (Wildman–Crippen LogP) is 4.36. The third-order valence-corrected chi connectivity index (χ3v) is 2.70. The standard InChI is InChI=1S/C11H4Cl2F3N3/c12-7-1-2-8(19-5-6(3-17)4-18)10(13)9(7)11(14,15)16/h1-2,5,19H. The van der Waals surface area contributed by atoms with Crippen LogP contribution in [0.1, 0.15) is 5.56 Å². The molecule has 98 valence electrons. The summed E-state index contributed by atoms with van der Waals surface area (Å²) in [6, 6.07) is 5.32. The highest BCUT2D eigenvalue weighted by Crippen LogP contribution is 2.42. The number of hydrogen-bond acceptors (Lipinski definition) is 3. The van der Waals surface area contributed by atoms with E-state index in [1.54, 1.807) is 12.1 Å². The van der Waals surface area contributed by atoms with E-state index < -0.39 is 21.8 Å². The Morgan fingerprint density at radius 2 is 1.79 bits per heavy atom. The van der Waals surface area contributed by atoms with Gasteiger partial charge in [0.1, 0.15) is 17.7 Å². The number of hydrogen-bond donors (Lipinski definition) is 1. The van der Waals surface area contributed by atoms with Gasteiger partial charge in [-0.05, 0) is 12.1 Å².